The van der Waals surface area contributed by atoms with Crippen LogP contribution in [0.5, 0.6) is 11.5 Å². The van der Waals surface area contributed by atoms with E-state index in [2.05, 4.69) is 0 Å². The Kier molecular flexibility index (Phi) is 5.25. The van der Waals surface area contributed by atoms with Gasteiger partial charge in [0.05, 0.1) is 13.7 Å². The van der Waals surface area contributed by atoms with Gasteiger partial charge in [0.15, 0.2) is 11.5 Å². The fraction of sp³-hybridized carbons (Fsp3) is 0.500. The lowest BCUT2D eigenvalue weighted by Crippen LogP contribution is -2.50. The van der Waals surface area contributed by atoms with Crippen LogP contribution < -0.4 is 9.47 Å². The fourth-order valence-electron chi connectivity index (χ4n) is 2.49. The minimum absolute atomic E-state index is 0.0493. The lowest BCUT2D eigenvalue weighted by molar-refractivity contribution is -0.130. The van der Waals surface area contributed by atoms with Crippen molar-refractivity contribution in [3.63, 3.8) is 0 Å². The van der Waals surface area contributed by atoms with Gasteiger partial charge in [0.1, 0.15) is 0 Å². The van der Waals surface area contributed by atoms with Crippen LogP contribution in [0.3, 0.4) is 0 Å². The van der Waals surface area contributed by atoms with Gasteiger partial charge >= 0.3 is 0 Å². The molecule has 1 aliphatic heterocycles. The van der Waals surface area contributed by atoms with E-state index in [0.717, 1.165) is 0 Å². The highest BCUT2D eigenvalue weighted by atomic mass is 16.5. The monoisotopic (exact) mass is 306 g/mol. The number of nitrogens with zero attached hydrogens (tertiary/aromatic N) is 2. The Morgan fingerprint density at radius 1 is 1.09 bits per heavy atom. The lowest BCUT2D eigenvalue weighted by Gasteiger charge is -2.34. The van der Waals surface area contributed by atoms with Crippen molar-refractivity contribution in [2.24, 2.45) is 0 Å². The van der Waals surface area contributed by atoms with Crippen molar-refractivity contribution in [1.29, 1.82) is 0 Å². The van der Waals surface area contributed by atoms with E-state index in [1.807, 2.05) is 6.92 Å². The molecular formula is C16H22N2O4. The van der Waals surface area contributed by atoms with E-state index >= 15 is 0 Å². The van der Waals surface area contributed by atoms with Crippen molar-refractivity contribution in [2.45, 2.75) is 13.8 Å². The van der Waals surface area contributed by atoms with Crippen LogP contribution in [0.15, 0.2) is 18.2 Å². The number of ether oxygens (including phenoxy) is 2. The van der Waals surface area contributed by atoms with Gasteiger partial charge < -0.3 is 19.3 Å². The quantitative estimate of drug-likeness (QED) is 0.843. The van der Waals surface area contributed by atoms with Crippen molar-refractivity contribution in [2.75, 3.05) is 39.9 Å². The van der Waals surface area contributed by atoms with Crippen molar-refractivity contribution >= 4 is 11.8 Å². The van der Waals surface area contributed by atoms with Gasteiger partial charge in [0.2, 0.25) is 5.91 Å². The van der Waals surface area contributed by atoms with Crippen LogP contribution in [-0.4, -0.2) is 61.5 Å². The summed E-state index contributed by atoms with van der Waals surface area (Å²) in [5.74, 6) is 1.18. The van der Waals surface area contributed by atoms with E-state index in [0.29, 0.717) is 49.8 Å². The van der Waals surface area contributed by atoms with Gasteiger partial charge in [0, 0.05) is 38.7 Å². The zero-order valence-corrected chi connectivity index (χ0v) is 13.3. The Hall–Kier alpha value is -2.24. The molecule has 1 saturated heterocycles. The topological polar surface area (TPSA) is 59.1 Å². The second kappa shape index (κ2) is 7.15. The molecule has 0 unspecified atom stereocenters. The summed E-state index contributed by atoms with van der Waals surface area (Å²) in [5, 5.41) is 0. The Bertz CT molecular complexity index is 551. The first-order chi connectivity index (χ1) is 10.6. The highest BCUT2D eigenvalue weighted by Crippen LogP contribution is 2.28. The molecule has 1 heterocycles. The van der Waals surface area contributed by atoms with E-state index < -0.39 is 0 Å². The van der Waals surface area contributed by atoms with Crippen LogP contribution in [0.25, 0.3) is 0 Å². The minimum atomic E-state index is -0.0493. The standard InChI is InChI=1S/C16H22N2O4/c1-4-22-15-11-13(5-6-14(15)21-3)16(20)18-9-7-17(8-10-18)12(2)19/h5-6,11H,4,7-10H2,1-3H3. The summed E-state index contributed by atoms with van der Waals surface area (Å²) < 4.78 is 10.7. The molecule has 1 aromatic rings. The van der Waals surface area contributed by atoms with Gasteiger partial charge in [0.25, 0.3) is 5.91 Å². The summed E-state index contributed by atoms with van der Waals surface area (Å²) in [6.07, 6.45) is 0. The lowest BCUT2D eigenvalue weighted by atomic mass is 10.1. The fourth-order valence-corrected chi connectivity index (χ4v) is 2.49. The molecule has 22 heavy (non-hydrogen) atoms. The molecule has 1 fully saturated rings. The predicted octanol–water partition coefficient (Wildman–Crippen LogP) is 1.40. The maximum atomic E-state index is 12.6. The third-order valence-corrected chi connectivity index (χ3v) is 3.72. The largest absolute Gasteiger partial charge is 0.493 e. The van der Waals surface area contributed by atoms with Crippen LogP contribution in [0.4, 0.5) is 0 Å². The van der Waals surface area contributed by atoms with Crippen LogP contribution >= 0.6 is 0 Å². The number of methoxy groups -OCH3 is 1. The Morgan fingerprint density at radius 2 is 1.73 bits per heavy atom. The third kappa shape index (κ3) is 3.50. The summed E-state index contributed by atoms with van der Waals surface area (Å²) in [6, 6.07) is 5.19. The van der Waals surface area contributed by atoms with Crippen LogP contribution in [-0.2, 0) is 4.79 Å². The smallest absolute Gasteiger partial charge is 0.254 e. The van der Waals surface area contributed by atoms with Crippen LogP contribution in [0.2, 0.25) is 0 Å². The predicted molar refractivity (Wildman–Crippen MR) is 82.3 cm³/mol. The van der Waals surface area contributed by atoms with E-state index in [1.165, 1.54) is 0 Å². The number of hydrogen-bond donors (Lipinski definition) is 0. The highest BCUT2D eigenvalue weighted by molar-refractivity contribution is 5.95. The first-order valence-electron chi connectivity index (χ1n) is 7.42. The Labute approximate surface area is 130 Å². The summed E-state index contributed by atoms with van der Waals surface area (Å²) in [4.78, 5) is 27.4. The molecule has 0 atom stereocenters. The van der Waals surface area contributed by atoms with Gasteiger partial charge in [-0.2, -0.15) is 0 Å². The molecule has 6 nitrogen and oxygen atoms in total. The summed E-state index contributed by atoms with van der Waals surface area (Å²) in [7, 11) is 1.57. The van der Waals surface area contributed by atoms with Gasteiger partial charge in [-0.15, -0.1) is 0 Å². The zero-order chi connectivity index (χ0) is 16.1. The summed E-state index contributed by atoms with van der Waals surface area (Å²) in [6.45, 7) is 6.20. The highest BCUT2D eigenvalue weighted by Gasteiger charge is 2.24. The number of benzene rings is 1. The van der Waals surface area contributed by atoms with E-state index in [-0.39, 0.29) is 11.8 Å². The molecule has 1 aliphatic rings. The zero-order valence-electron chi connectivity index (χ0n) is 13.3. The first-order valence-corrected chi connectivity index (χ1v) is 7.42. The first kappa shape index (κ1) is 16.1. The molecular weight excluding hydrogens is 284 g/mol. The number of carbonyl (C=O) groups excluding carboxylic acids is 2. The van der Waals surface area contributed by atoms with Crippen LogP contribution in [0, 0.1) is 0 Å². The van der Waals surface area contributed by atoms with Crippen molar-refractivity contribution < 1.29 is 19.1 Å². The van der Waals surface area contributed by atoms with E-state index in [1.54, 1.807) is 42.0 Å². The molecule has 1 aromatic carbocycles. The number of rotatable bonds is 4. The van der Waals surface area contributed by atoms with Gasteiger partial charge in [-0.1, -0.05) is 0 Å². The molecule has 120 valence electrons. The Morgan fingerprint density at radius 3 is 2.27 bits per heavy atom. The van der Waals surface area contributed by atoms with E-state index in [4.69, 9.17) is 9.47 Å². The van der Waals surface area contributed by atoms with Crippen LogP contribution in [0.1, 0.15) is 24.2 Å². The molecule has 0 N–H and O–H groups in total. The molecule has 6 heteroatoms. The van der Waals surface area contributed by atoms with Gasteiger partial charge in [-0.05, 0) is 25.1 Å². The molecule has 2 amide bonds. The van der Waals surface area contributed by atoms with Gasteiger partial charge in [-0.25, -0.2) is 0 Å². The maximum absolute atomic E-state index is 12.6. The molecule has 0 aromatic heterocycles. The summed E-state index contributed by atoms with van der Waals surface area (Å²) in [5.41, 5.74) is 0.570. The molecule has 0 spiro atoms. The van der Waals surface area contributed by atoms with Crippen molar-refractivity contribution in [3.8, 4) is 11.5 Å². The number of hydrogen-bond acceptors (Lipinski definition) is 4. The average molecular weight is 306 g/mol. The molecule has 0 bridgehead atoms. The second-order valence-corrected chi connectivity index (χ2v) is 5.10. The average Bonchev–Trinajstić information content (AvgIpc) is 2.54. The van der Waals surface area contributed by atoms with Gasteiger partial charge in [-0.3, -0.25) is 9.59 Å². The van der Waals surface area contributed by atoms with Crippen molar-refractivity contribution in [1.82, 2.24) is 9.80 Å². The molecule has 0 radical (unpaired) electrons. The number of amides is 2. The normalized spacial score (nSPS) is 14.7. The van der Waals surface area contributed by atoms with E-state index in [9.17, 15) is 9.59 Å². The maximum Gasteiger partial charge on any atom is 0.254 e. The molecule has 2 rings (SSSR count). The number of piperazine rings is 1. The van der Waals surface area contributed by atoms with Crippen molar-refractivity contribution in [3.05, 3.63) is 23.8 Å². The molecule has 0 aliphatic carbocycles. The summed E-state index contributed by atoms with van der Waals surface area (Å²) >= 11 is 0. The third-order valence-electron chi connectivity index (χ3n) is 3.72. The Balaban J connectivity index is 2.10. The minimum Gasteiger partial charge on any atom is -0.493 e. The molecule has 0 saturated carbocycles. The second-order valence-electron chi connectivity index (χ2n) is 5.10. The SMILES string of the molecule is CCOc1cc(C(=O)N2CCN(C(C)=O)CC2)ccc1OC. The number of carbonyl (C=O) groups is 2.